The number of likely N-dealkylation sites (tertiary alicyclic amines) is 2. The number of ketones is 1. The first-order chi connectivity index (χ1) is 15.7. The van der Waals surface area contributed by atoms with Crippen LogP contribution in [0.25, 0.3) is 10.9 Å². The summed E-state index contributed by atoms with van der Waals surface area (Å²) in [6.07, 6.45) is 8.85. The zero-order valence-electron chi connectivity index (χ0n) is 19.5. The molecule has 2 aromatic rings. The van der Waals surface area contributed by atoms with Crippen molar-refractivity contribution in [1.82, 2.24) is 19.8 Å². The second-order valence-electron chi connectivity index (χ2n) is 10.6. The van der Waals surface area contributed by atoms with Gasteiger partial charge in [0.25, 0.3) is 0 Å². The topological polar surface area (TPSA) is 95.6 Å². The molecular formula is C25H32N4O4. The number of piperidine rings is 2. The molecule has 4 heterocycles. The molecule has 0 aromatic carbocycles. The zero-order chi connectivity index (χ0) is 23.3. The summed E-state index contributed by atoms with van der Waals surface area (Å²) in [5, 5.41) is 0.892. The van der Waals surface area contributed by atoms with Crippen molar-refractivity contribution in [3.05, 3.63) is 30.2 Å². The van der Waals surface area contributed by atoms with Crippen molar-refractivity contribution in [3.63, 3.8) is 0 Å². The molecule has 1 N–H and O–H groups in total. The van der Waals surface area contributed by atoms with E-state index in [0.29, 0.717) is 31.5 Å². The van der Waals surface area contributed by atoms with Crippen LogP contribution in [-0.4, -0.2) is 68.3 Å². The van der Waals surface area contributed by atoms with Gasteiger partial charge in [-0.1, -0.05) is 0 Å². The van der Waals surface area contributed by atoms with Gasteiger partial charge < -0.3 is 14.6 Å². The molecule has 176 valence electrons. The first kappa shape index (κ1) is 21.9. The van der Waals surface area contributed by atoms with Gasteiger partial charge in [0.2, 0.25) is 5.91 Å². The number of nitrogens with one attached hydrogen (secondary N) is 1. The highest BCUT2D eigenvalue weighted by atomic mass is 16.6. The largest absolute Gasteiger partial charge is 0.444 e. The van der Waals surface area contributed by atoms with Crippen LogP contribution in [0.15, 0.2) is 24.7 Å². The fraction of sp³-hybridized carbons (Fsp3) is 0.600. The van der Waals surface area contributed by atoms with E-state index in [0.717, 1.165) is 30.2 Å². The number of fused-ring (bicyclic) bond motifs is 3. The molecule has 8 nitrogen and oxygen atoms in total. The number of aromatic nitrogens is 2. The molecule has 8 heteroatoms. The van der Waals surface area contributed by atoms with Crippen molar-refractivity contribution < 1.29 is 19.1 Å². The Labute approximate surface area is 193 Å². The Bertz CT molecular complexity index is 1080. The number of pyridine rings is 1. The second kappa shape index (κ2) is 8.15. The number of H-pyrrole nitrogens is 1. The molecule has 3 fully saturated rings. The molecule has 2 saturated heterocycles. The van der Waals surface area contributed by atoms with E-state index < -0.39 is 11.6 Å². The van der Waals surface area contributed by atoms with Crippen molar-refractivity contribution in [2.75, 3.05) is 13.1 Å². The van der Waals surface area contributed by atoms with Crippen molar-refractivity contribution >= 4 is 28.7 Å². The van der Waals surface area contributed by atoms with Crippen molar-refractivity contribution in [2.45, 2.75) is 70.6 Å². The molecule has 0 unspecified atom stereocenters. The third kappa shape index (κ3) is 4.00. The third-order valence-corrected chi connectivity index (χ3v) is 7.37. The first-order valence-corrected chi connectivity index (χ1v) is 12.0. The van der Waals surface area contributed by atoms with Gasteiger partial charge in [-0.05, 0) is 64.9 Å². The van der Waals surface area contributed by atoms with E-state index in [1.165, 1.54) is 0 Å². The number of aromatic amines is 1. The summed E-state index contributed by atoms with van der Waals surface area (Å²) in [6, 6.07) is 1.51. The van der Waals surface area contributed by atoms with E-state index >= 15 is 0 Å². The Kier molecular flexibility index (Phi) is 5.41. The fourth-order valence-electron chi connectivity index (χ4n) is 5.83. The summed E-state index contributed by atoms with van der Waals surface area (Å²) >= 11 is 0. The Morgan fingerprint density at radius 2 is 1.88 bits per heavy atom. The zero-order valence-corrected chi connectivity index (χ0v) is 19.5. The number of hydrogen-bond donors (Lipinski definition) is 1. The monoisotopic (exact) mass is 452 g/mol. The summed E-state index contributed by atoms with van der Waals surface area (Å²) in [7, 11) is 0. The SMILES string of the molecule is CC(C)(C)OC(=O)N1[C@@H]2CC[C@@H](C2)[C@H]1C(=O)N1CCC(C(=O)c2c[nH]c3cnccc23)CC1. The minimum atomic E-state index is -0.594. The van der Waals surface area contributed by atoms with Crippen LogP contribution in [-0.2, 0) is 9.53 Å². The lowest BCUT2D eigenvalue weighted by Crippen LogP contribution is -2.56. The molecule has 33 heavy (non-hydrogen) atoms. The number of amides is 2. The number of nitrogens with zero attached hydrogens (tertiary/aromatic N) is 3. The predicted molar refractivity (Wildman–Crippen MR) is 123 cm³/mol. The molecular weight excluding hydrogens is 420 g/mol. The number of Topliss-reactive ketones (excluding diaryl/α,β-unsaturated/α-hetero) is 1. The maximum absolute atomic E-state index is 13.5. The number of rotatable bonds is 3. The minimum absolute atomic E-state index is 0.0112. The van der Waals surface area contributed by atoms with E-state index in [-0.39, 0.29) is 35.7 Å². The van der Waals surface area contributed by atoms with Crippen LogP contribution >= 0.6 is 0 Å². The average molecular weight is 453 g/mol. The van der Waals surface area contributed by atoms with E-state index in [4.69, 9.17) is 4.74 Å². The van der Waals surface area contributed by atoms with Crippen molar-refractivity contribution in [3.8, 4) is 0 Å². The highest BCUT2D eigenvalue weighted by molar-refractivity contribution is 6.08. The van der Waals surface area contributed by atoms with E-state index in [1.807, 2.05) is 31.7 Å². The van der Waals surface area contributed by atoms with Gasteiger partial charge in [-0.2, -0.15) is 0 Å². The quantitative estimate of drug-likeness (QED) is 0.715. The molecule has 3 atom stereocenters. The minimum Gasteiger partial charge on any atom is -0.444 e. The van der Waals surface area contributed by atoms with Crippen LogP contribution in [0.1, 0.15) is 63.2 Å². The van der Waals surface area contributed by atoms with Gasteiger partial charge in [0.15, 0.2) is 5.78 Å². The number of ether oxygens (including phenoxy) is 1. The number of hydrogen-bond acceptors (Lipinski definition) is 5. The van der Waals surface area contributed by atoms with E-state index in [1.54, 1.807) is 23.5 Å². The molecule has 2 aliphatic heterocycles. The van der Waals surface area contributed by atoms with Crippen LogP contribution in [0.3, 0.4) is 0 Å². The lowest BCUT2D eigenvalue weighted by molar-refractivity contribution is -0.139. The summed E-state index contributed by atoms with van der Waals surface area (Å²) < 4.78 is 5.63. The van der Waals surface area contributed by atoms with Gasteiger partial charge in [0.05, 0.1) is 11.7 Å². The van der Waals surface area contributed by atoms with Gasteiger partial charge in [0.1, 0.15) is 11.6 Å². The van der Waals surface area contributed by atoms with Gasteiger partial charge in [-0.25, -0.2) is 4.79 Å². The first-order valence-electron chi connectivity index (χ1n) is 12.0. The van der Waals surface area contributed by atoms with Crippen molar-refractivity contribution in [2.24, 2.45) is 11.8 Å². The van der Waals surface area contributed by atoms with E-state index in [9.17, 15) is 14.4 Å². The van der Waals surface area contributed by atoms with Gasteiger partial charge in [-0.15, -0.1) is 0 Å². The lowest BCUT2D eigenvalue weighted by atomic mass is 9.88. The normalized spacial score (nSPS) is 25.6. The molecule has 2 bridgehead atoms. The summed E-state index contributed by atoms with van der Waals surface area (Å²) in [6.45, 7) is 6.62. The van der Waals surface area contributed by atoms with Gasteiger partial charge in [-0.3, -0.25) is 19.5 Å². The predicted octanol–water partition coefficient (Wildman–Crippen LogP) is 3.77. The summed E-state index contributed by atoms with van der Waals surface area (Å²) in [5.74, 6) is 0.226. The smallest absolute Gasteiger partial charge is 0.411 e. The van der Waals surface area contributed by atoms with E-state index in [2.05, 4.69) is 9.97 Å². The Balaban J connectivity index is 1.25. The molecule has 0 radical (unpaired) electrons. The maximum Gasteiger partial charge on any atom is 0.411 e. The lowest BCUT2D eigenvalue weighted by Gasteiger charge is -2.39. The fourth-order valence-corrected chi connectivity index (χ4v) is 5.83. The Morgan fingerprint density at radius 3 is 2.61 bits per heavy atom. The van der Waals surface area contributed by atoms with Crippen molar-refractivity contribution in [1.29, 1.82) is 0 Å². The Hall–Kier alpha value is -2.90. The standard InChI is InChI=1S/C25H32N4O4/c1-25(2,3)33-24(32)29-17-5-4-16(12-17)21(29)23(31)28-10-7-15(8-11-28)22(30)19-13-27-20-14-26-9-6-18(19)20/h6,9,13-17,21,27H,4-5,7-8,10-12H2,1-3H3/t16-,17+,21-/m0/s1. The Morgan fingerprint density at radius 1 is 1.12 bits per heavy atom. The third-order valence-electron chi connectivity index (χ3n) is 7.37. The molecule has 0 spiro atoms. The molecule has 1 aliphatic carbocycles. The highest BCUT2D eigenvalue weighted by Gasteiger charge is 2.53. The highest BCUT2D eigenvalue weighted by Crippen LogP contribution is 2.44. The molecule has 2 amide bonds. The van der Waals surface area contributed by atoms with Crippen LogP contribution in [0.5, 0.6) is 0 Å². The summed E-state index contributed by atoms with van der Waals surface area (Å²) in [5.41, 5.74) is 0.956. The van der Waals surface area contributed by atoms with Crippen LogP contribution in [0, 0.1) is 11.8 Å². The molecule has 3 aliphatic rings. The van der Waals surface area contributed by atoms with Crippen LogP contribution < -0.4 is 0 Å². The van der Waals surface area contributed by atoms with Gasteiger partial charge >= 0.3 is 6.09 Å². The molecule has 5 rings (SSSR count). The maximum atomic E-state index is 13.5. The molecule has 1 saturated carbocycles. The number of carbonyl (C=O) groups is 3. The second-order valence-corrected chi connectivity index (χ2v) is 10.6. The van der Waals surface area contributed by atoms with Crippen LogP contribution in [0.4, 0.5) is 4.79 Å². The summed E-state index contributed by atoms with van der Waals surface area (Å²) in [4.78, 5) is 50.4. The number of carbonyl (C=O) groups excluding carboxylic acids is 3. The van der Waals surface area contributed by atoms with Crippen LogP contribution in [0.2, 0.25) is 0 Å². The van der Waals surface area contributed by atoms with Gasteiger partial charge in [0, 0.05) is 48.4 Å². The average Bonchev–Trinajstić information content (AvgIpc) is 3.51. The molecule has 2 aromatic heterocycles.